The van der Waals surface area contributed by atoms with Gasteiger partial charge in [0, 0.05) is 18.0 Å². The Hall–Kier alpha value is -2.63. The molecule has 0 aliphatic rings. The van der Waals surface area contributed by atoms with Crippen molar-refractivity contribution in [3.05, 3.63) is 58.3 Å². The first-order valence-corrected chi connectivity index (χ1v) is 6.96. The Balaban J connectivity index is 2.10. The molecule has 0 aliphatic heterocycles. The van der Waals surface area contributed by atoms with E-state index in [2.05, 4.69) is 10.3 Å². The van der Waals surface area contributed by atoms with Crippen molar-refractivity contribution in [3.63, 3.8) is 0 Å². The van der Waals surface area contributed by atoms with E-state index < -0.39 is 5.69 Å². The summed E-state index contributed by atoms with van der Waals surface area (Å²) in [4.78, 5) is 27.2. The fraction of sp³-hybridized carbons (Fsp3) is 0.312. The number of aromatic nitrogens is 2. The number of amides is 1. The van der Waals surface area contributed by atoms with Crippen LogP contribution in [0.2, 0.25) is 0 Å². The zero-order chi connectivity index (χ0) is 16.1. The van der Waals surface area contributed by atoms with Gasteiger partial charge in [-0.1, -0.05) is 17.7 Å². The number of benzene rings is 1. The molecule has 116 valence electrons. The number of rotatable bonds is 5. The van der Waals surface area contributed by atoms with Crippen LogP contribution < -0.4 is 15.7 Å². The normalized spacial score (nSPS) is 11.8. The second kappa shape index (κ2) is 6.89. The monoisotopic (exact) mass is 301 g/mol. The zero-order valence-electron chi connectivity index (χ0n) is 12.9. The maximum absolute atomic E-state index is 12.1. The van der Waals surface area contributed by atoms with E-state index in [0.717, 1.165) is 16.9 Å². The number of ether oxygens (including phenoxy) is 1. The van der Waals surface area contributed by atoms with Gasteiger partial charge in [0.15, 0.2) is 0 Å². The highest BCUT2D eigenvalue weighted by Crippen LogP contribution is 2.25. The van der Waals surface area contributed by atoms with Crippen molar-refractivity contribution >= 4 is 5.91 Å². The number of carbonyl (C=O) groups is 1. The summed E-state index contributed by atoms with van der Waals surface area (Å²) in [5.74, 6) is 0.461. The minimum atomic E-state index is -0.446. The summed E-state index contributed by atoms with van der Waals surface area (Å²) in [6.07, 6.45) is 2.93. The number of carbonyl (C=O) groups excluding carboxylic acids is 1. The van der Waals surface area contributed by atoms with Crippen LogP contribution in [-0.2, 0) is 11.3 Å². The predicted molar refractivity (Wildman–Crippen MR) is 82.8 cm³/mol. The van der Waals surface area contributed by atoms with Crippen LogP contribution in [-0.4, -0.2) is 22.6 Å². The van der Waals surface area contributed by atoms with Crippen molar-refractivity contribution in [1.29, 1.82) is 0 Å². The van der Waals surface area contributed by atoms with Gasteiger partial charge in [-0.2, -0.15) is 0 Å². The van der Waals surface area contributed by atoms with Gasteiger partial charge in [0.2, 0.25) is 5.91 Å². The van der Waals surface area contributed by atoms with Gasteiger partial charge in [0.05, 0.1) is 13.2 Å². The molecular formula is C16H19N3O3. The van der Waals surface area contributed by atoms with E-state index in [0.29, 0.717) is 0 Å². The molecule has 2 rings (SSSR count). The van der Waals surface area contributed by atoms with Crippen LogP contribution in [0.25, 0.3) is 0 Å². The van der Waals surface area contributed by atoms with Crippen molar-refractivity contribution in [2.75, 3.05) is 7.11 Å². The Bertz CT molecular complexity index is 725. The number of hydrogen-bond acceptors (Lipinski definition) is 4. The van der Waals surface area contributed by atoms with Crippen LogP contribution in [0.3, 0.4) is 0 Å². The molecule has 0 aliphatic carbocycles. The number of hydrogen-bond donors (Lipinski definition) is 1. The van der Waals surface area contributed by atoms with Crippen LogP contribution in [0.4, 0.5) is 0 Å². The third-order valence-electron chi connectivity index (χ3n) is 3.33. The quantitative estimate of drug-likeness (QED) is 0.907. The molecule has 6 nitrogen and oxygen atoms in total. The van der Waals surface area contributed by atoms with E-state index in [9.17, 15) is 9.59 Å². The lowest BCUT2D eigenvalue weighted by molar-refractivity contribution is -0.122. The second-order valence-electron chi connectivity index (χ2n) is 5.06. The molecule has 0 unspecified atom stereocenters. The summed E-state index contributed by atoms with van der Waals surface area (Å²) in [6.45, 7) is 3.79. The summed E-state index contributed by atoms with van der Waals surface area (Å²) in [5, 5.41) is 2.87. The average molecular weight is 301 g/mol. The number of nitrogens with zero attached hydrogens (tertiary/aromatic N) is 2. The van der Waals surface area contributed by atoms with Crippen LogP contribution in [0.15, 0.2) is 41.5 Å². The first-order chi connectivity index (χ1) is 10.5. The molecule has 1 aromatic carbocycles. The van der Waals surface area contributed by atoms with Crippen molar-refractivity contribution in [3.8, 4) is 5.75 Å². The molecule has 0 fully saturated rings. The van der Waals surface area contributed by atoms with E-state index in [1.807, 2.05) is 32.0 Å². The molecule has 2 aromatic rings. The topological polar surface area (TPSA) is 73.2 Å². The third-order valence-corrected chi connectivity index (χ3v) is 3.33. The molecule has 0 radical (unpaired) electrons. The van der Waals surface area contributed by atoms with E-state index in [-0.39, 0.29) is 18.5 Å². The molecule has 1 heterocycles. The maximum atomic E-state index is 12.1. The molecule has 0 saturated heterocycles. The van der Waals surface area contributed by atoms with E-state index >= 15 is 0 Å². The molecule has 6 heteroatoms. The standard InChI is InChI=1S/C16H19N3O3/c1-11-5-6-14(22-3)13(9-11)12(2)18-15(20)10-19-8-4-7-17-16(19)21/h4-9,12H,10H2,1-3H3,(H,18,20)/t12-/m1/s1. The fourth-order valence-electron chi connectivity index (χ4n) is 2.22. The minimum absolute atomic E-state index is 0.0643. The van der Waals surface area contributed by atoms with Crippen LogP contribution >= 0.6 is 0 Å². The van der Waals surface area contributed by atoms with E-state index in [4.69, 9.17) is 4.74 Å². The highest BCUT2D eigenvalue weighted by Gasteiger charge is 2.14. The molecular weight excluding hydrogens is 282 g/mol. The molecule has 22 heavy (non-hydrogen) atoms. The Morgan fingerprint density at radius 3 is 2.91 bits per heavy atom. The lowest BCUT2D eigenvalue weighted by Gasteiger charge is -2.18. The predicted octanol–water partition coefficient (Wildman–Crippen LogP) is 1.44. The highest BCUT2D eigenvalue weighted by atomic mass is 16.5. The van der Waals surface area contributed by atoms with Gasteiger partial charge >= 0.3 is 5.69 Å². The molecule has 1 aromatic heterocycles. The van der Waals surface area contributed by atoms with Gasteiger partial charge in [-0.05, 0) is 26.0 Å². The molecule has 0 bridgehead atoms. The van der Waals surface area contributed by atoms with E-state index in [1.165, 1.54) is 17.0 Å². The van der Waals surface area contributed by atoms with Crippen LogP contribution in [0, 0.1) is 6.92 Å². The number of methoxy groups -OCH3 is 1. The molecule has 1 amide bonds. The van der Waals surface area contributed by atoms with Gasteiger partial charge in [-0.3, -0.25) is 9.36 Å². The fourth-order valence-corrected chi connectivity index (χ4v) is 2.22. The van der Waals surface area contributed by atoms with Crippen LogP contribution in [0.1, 0.15) is 24.1 Å². The second-order valence-corrected chi connectivity index (χ2v) is 5.06. The molecule has 1 atom stereocenters. The SMILES string of the molecule is COc1ccc(C)cc1[C@@H](C)NC(=O)Cn1cccnc1=O. The van der Waals surface area contributed by atoms with Gasteiger partial charge in [-0.15, -0.1) is 0 Å². The smallest absolute Gasteiger partial charge is 0.347 e. The molecule has 0 spiro atoms. The van der Waals surface area contributed by atoms with Crippen molar-refractivity contribution < 1.29 is 9.53 Å². The Labute approximate surface area is 128 Å². The van der Waals surface area contributed by atoms with Gasteiger partial charge in [0.1, 0.15) is 12.3 Å². The van der Waals surface area contributed by atoms with Gasteiger partial charge in [-0.25, -0.2) is 9.78 Å². The summed E-state index contributed by atoms with van der Waals surface area (Å²) in [7, 11) is 1.60. The van der Waals surface area contributed by atoms with E-state index in [1.54, 1.807) is 13.2 Å². The first kappa shape index (κ1) is 15.8. The first-order valence-electron chi connectivity index (χ1n) is 6.96. The molecule has 0 saturated carbocycles. The van der Waals surface area contributed by atoms with Crippen molar-refractivity contribution in [2.45, 2.75) is 26.4 Å². The zero-order valence-corrected chi connectivity index (χ0v) is 12.9. The number of nitrogens with one attached hydrogen (secondary N) is 1. The summed E-state index contributed by atoms with van der Waals surface area (Å²) in [5.41, 5.74) is 1.54. The van der Waals surface area contributed by atoms with Crippen molar-refractivity contribution in [1.82, 2.24) is 14.9 Å². The van der Waals surface area contributed by atoms with Crippen LogP contribution in [0.5, 0.6) is 5.75 Å². The lowest BCUT2D eigenvalue weighted by Crippen LogP contribution is -2.34. The van der Waals surface area contributed by atoms with Gasteiger partial charge in [0.25, 0.3) is 0 Å². The summed E-state index contributed by atoms with van der Waals surface area (Å²) >= 11 is 0. The Kier molecular flexibility index (Phi) is 4.93. The summed E-state index contributed by atoms with van der Waals surface area (Å²) < 4.78 is 6.58. The molecule has 1 N–H and O–H groups in total. The third kappa shape index (κ3) is 3.72. The lowest BCUT2D eigenvalue weighted by atomic mass is 10.0. The Morgan fingerprint density at radius 2 is 2.23 bits per heavy atom. The van der Waals surface area contributed by atoms with Gasteiger partial charge < -0.3 is 10.1 Å². The minimum Gasteiger partial charge on any atom is -0.496 e. The average Bonchev–Trinajstić information content (AvgIpc) is 2.49. The largest absolute Gasteiger partial charge is 0.496 e. The maximum Gasteiger partial charge on any atom is 0.347 e. The van der Waals surface area contributed by atoms with Crippen molar-refractivity contribution in [2.24, 2.45) is 0 Å². The highest BCUT2D eigenvalue weighted by molar-refractivity contribution is 5.76. The summed E-state index contributed by atoms with van der Waals surface area (Å²) in [6, 6.07) is 7.18. The Morgan fingerprint density at radius 1 is 1.45 bits per heavy atom. The number of aryl methyl sites for hydroxylation is 1.